The van der Waals surface area contributed by atoms with E-state index in [0.717, 1.165) is 11.3 Å². The highest BCUT2D eigenvalue weighted by Gasteiger charge is 2.22. The lowest BCUT2D eigenvalue weighted by Crippen LogP contribution is -2.49. The molecule has 5 nitrogen and oxygen atoms in total. The van der Waals surface area contributed by atoms with Gasteiger partial charge in [0, 0.05) is 44.3 Å². The molecule has 1 fully saturated rings. The van der Waals surface area contributed by atoms with Gasteiger partial charge in [0.05, 0.1) is 0 Å². The molecule has 126 valence electrons. The van der Waals surface area contributed by atoms with Gasteiger partial charge >= 0.3 is 0 Å². The summed E-state index contributed by atoms with van der Waals surface area (Å²) in [6.45, 7) is 4.84. The average Bonchev–Trinajstić information content (AvgIpc) is 3.08. The third-order valence-corrected chi connectivity index (χ3v) is 4.12. The quantitative estimate of drug-likeness (QED) is 0.865. The molecule has 1 aromatic heterocycles. The molecule has 1 aromatic carbocycles. The summed E-state index contributed by atoms with van der Waals surface area (Å²) in [5.41, 5.74) is 1.71. The number of rotatable bonds is 4. The Morgan fingerprint density at radius 1 is 1.25 bits per heavy atom. The predicted octanol–water partition coefficient (Wildman–Crippen LogP) is 2.40. The molecule has 1 aliphatic rings. The number of halogens is 1. The topological polar surface area (TPSA) is 41.4 Å². The van der Waals surface area contributed by atoms with Gasteiger partial charge in [-0.15, -0.1) is 0 Å². The first-order chi connectivity index (χ1) is 11.7. The van der Waals surface area contributed by atoms with Gasteiger partial charge in [0.1, 0.15) is 12.4 Å². The maximum absolute atomic E-state index is 13.8. The summed E-state index contributed by atoms with van der Waals surface area (Å²) >= 11 is 0. The summed E-state index contributed by atoms with van der Waals surface area (Å²) in [4.78, 5) is 16.2. The first kappa shape index (κ1) is 16.2. The maximum atomic E-state index is 13.8. The van der Waals surface area contributed by atoms with Crippen molar-refractivity contribution in [3.05, 3.63) is 54.1 Å². The third kappa shape index (κ3) is 3.82. The Hall–Kier alpha value is -2.63. The molecule has 0 saturated carbocycles. The molecule has 0 unspecified atom stereocenters. The molecule has 2 heterocycles. The second-order valence-electron chi connectivity index (χ2n) is 5.81. The SMILES string of the molecule is C/C=C\c1cc(F)cc(N2CCN(C(=O)Cn3cccn3)CC2)c1. The Morgan fingerprint density at radius 3 is 2.71 bits per heavy atom. The fourth-order valence-electron chi connectivity index (χ4n) is 2.91. The number of nitrogens with zero attached hydrogens (tertiary/aromatic N) is 4. The second-order valence-corrected chi connectivity index (χ2v) is 5.81. The lowest BCUT2D eigenvalue weighted by atomic mass is 10.1. The van der Waals surface area contributed by atoms with Crippen molar-refractivity contribution in [3.63, 3.8) is 0 Å². The smallest absolute Gasteiger partial charge is 0.244 e. The minimum Gasteiger partial charge on any atom is -0.368 e. The Bertz CT molecular complexity index is 719. The van der Waals surface area contributed by atoms with Gasteiger partial charge in [0.25, 0.3) is 0 Å². The van der Waals surface area contributed by atoms with Gasteiger partial charge in [0.15, 0.2) is 0 Å². The van der Waals surface area contributed by atoms with Gasteiger partial charge in [-0.3, -0.25) is 9.48 Å². The van der Waals surface area contributed by atoms with Crippen molar-refractivity contribution in [1.82, 2.24) is 14.7 Å². The Balaban J connectivity index is 1.61. The summed E-state index contributed by atoms with van der Waals surface area (Å²) in [6.07, 6.45) is 7.22. The molecule has 1 amide bonds. The van der Waals surface area contributed by atoms with Crippen molar-refractivity contribution in [2.24, 2.45) is 0 Å². The van der Waals surface area contributed by atoms with Crippen molar-refractivity contribution in [2.45, 2.75) is 13.5 Å². The van der Waals surface area contributed by atoms with Crippen LogP contribution in [0.4, 0.5) is 10.1 Å². The largest absolute Gasteiger partial charge is 0.368 e. The van der Waals surface area contributed by atoms with Crippen LogP contribution in [0.5, 0.6) is 0 Å². The Labute approximate surface area is 141 Å². The van der Waals surface area contributed by atoms with E-state index in [1.807, 2.05) is 30.0 Å². The molecule has 2 aromatic rings. The zero-order valence-corrected chi connectivity index (χ0v) is 13.7. The zero-order valence-electron chi connectivity index (χ0n) is 13.7. The van der Waals surface area contributed by atoms with Crippen LogP contribution in [0.1, 0.15) is 12.5 Å². The average molecular weight is 328 g/mol. The standard InChI is InChI=1S/C18H21FN4O/c1-2-4-15-11-16(19)13-17(12-15)21-7-9-22(10-8-21)18(24)14-23-6-3-5-20-23/h2-6,11-13H,7-10,14H2,1H3/b4-2-. The lowest BCUT2D eigenvalue weighted by Gasteiger charge is -2.36. The summed E-state index contributed by atoms with van der Waals surface area (Å²) in [5, 5.41) is 4.06. The van der Waals surface area contributed by atoms with Gasteiger partial charge in [-0.2, -0.15) is 5.10 Å². The molecule has 0 N–H and O–H groups in total. The molecule has 0 radical (unpaired) electrons. The first-order valence-corrected chi connectivity index (χ1v) is 8.09. The molecule has 24 heavy (non-hydrogen) atoms. The molecule has 0 bridgehead atoms. The van der Waals surface area contributed by atoms with E-state index in [2.05, 4.69) is 10.00 Å². The van der Waals surface area contributed by atoms with Gasteiger partial charge in [-0.05, 0) is 36.8 Å². The van der Waals surface area contributed by atoms with Crippen LogP contribution in [0, 0.1) is 5.82 Å². The van der Waals surface area contributed by atoms with Crippen molar-refractivity contribution in [3.8, 4) is 0 Å². The summed E-state index contributed by atoms with van der Waals surface area (Å²) in [7, 11) is 0. The van der Waals surface area contributed by atoms with Crippen molar-refractivity contribution in [1.29, 1.82) is 0 Å². The molecule has 0 spiro atoms. The number of anilines is 1. The van der Waals surface area contributed by atoms with Crippen molar-refractivity contribution < 1.29 is 9.18 Å². The molecule has 3 rings (SSSR count). The van der Waals surface area contributed by atoms with E-state index in [0.29, 0.717) is 26.2 Å². The zero-order chi connectivity index (χ0) is 16.9. The third-order valence-electron chi connectivity index (χ3n) is 4.12. The summed E-state index contributed by atoms with van der Waals surface area (Å²) in [5.74, 6) is -0.176. The Kier molecular flexibility index (Phi) is 4.93. The number of carbonyl (C=O) groups excluding carboxylic acids is 1. The number of allylic oxidation sites excluding steroid dienone is 1. The highest BCUT2D eigenvalue weighted by atomic mass is 19.1. The van der Waals surface area contributed by atoms with Crippen LogP contribution in [-0.2, 0) is 11.3 Å². The molecular weight excluding hydrogens is 307 g/mol. The van der Waals surface area contributed by atoms with Gasteiger partial charge in [-0.25, -0.2) is 4.39 Å². The fourth-order valence-corrected chi connectivity index (χ4v) is 2.91. The van der Waals surface area contributed by atoms with Crippen LogP contribution in [0.3, 0.4) is 0 Å². The van der Waals surface area contributed by atoms with E-state index in [1.165, 1.54) is 6.07 Å². The monoisotopic (exact) mass is 328 g/mol. The number of hydrogen-bond donors (Lipinski definition) is 0. The van der Waals surface area contributed by atoms with Crippen LogP contribution >= 0.6 is 0 Å². The number of carbonyl (C=O) groups is 1. The minimum atomic E-state index is -0.238. The van der Waals surface area contributed by atoms with Gasteiger partial charge < -0.3 is 9.80 Å². The number of benzene rings is 1. The van der Waals surface area contributed by atoms with Crippen LogP contribution in [0.25, 0.3) is 6.08 Å². The lowest BCUT2D eigenvalue weighted by molar-refractivity contribution is -0.132. The highest BCUT2D eigenvalue weighted by Crippen LogP contribution is 2.21. The maximum Gasteiger partial charge on any atom is 0.244 e. The normalized spacial score (nSPS) is 15.2. The van der Waals surface area contributed by atoms with Crippen LogP contribution in [0.2, 0.25) is 0 Å². The predicted molar refractivity (Wildman–Crippen MR) is 92.1 cm³/mol. The first-order valence-electron chi connectivity index (χ1n) is 8.09. The van der Waals surface area contributed by atoms with Gasteiger partial charge in [0.2, 0.25) is 5.91 Å². The van der Waals surface area contributed by atoms with E-state index in [1.54, 1.807) is 29.2 Å². The minimum absolute atomic E-state index is 0.0622. The number of hydrogen-bond acceptors (Lipinski definition) is 3. The molecular formula is C18H21FN4O. The van der Waals surface area contributed by atoms with Crippen LogP contribution in [0.15, 0.2) is 42.7 Å². The van der Waals surface area contributed by atoms with E-state index in [4.69, 9.17) is 0 Å². The van der Waals surface area contributed by atoms with Crippen LogP contribution in [-0.4, -0.2) is 46.8 Å². The van der Waals surface area contributed by atoms with Gasteiger partial charge in [-0.1, -0.05) is 12.2 Å². The molecule has 6 heteroatoms. The van der Waals surface area contributed by atoms with E-state index >= 15 is 0 Å². The van der Waals surface area contributed by atoms with E-state index in [-0.39, 0.29) is 18.3 Å². The van der Waals surface area contributed by atoms with Crippen LogP contribution < -0.4 is 4.90 Å². The van der Waals surface area contributed by atoms with E-state index < -0.39 is 0 Å². The number of aromatic nitrogens is 2. The summed E-state index contributed by atoms with van der Waals surface area (Å²) < 4.78 is 15.4. The molecule has 1 saturated heterocycles. The molecule has 1 aliphatic heterocycles. The summed E-state index contributed by atoms with van der Waals surface area (Å²) in [6, 6.07) is 6.85. The van der Waals surface area contributed by atoms with Crippen molar-refractivity contribution in [2.75, 3.05) is 31.1 Å². The molecule has 0 atom stereocenters. The van der Waals surface area contributed by atoms with Crippen molar-refractivity contribution >= 4 is 17.7 Å². The number of piperazine rings is 1. The Morgan fingerprint density at radius 2 is 2.04 bits per heavy atom. The number of amides is 1. The highest BCUT2D eigenvalue weighted by molar-refractivity contribution is 5.76. The second kappa shape index (κ2) is 7.29. The fraction of sp³-hybridized carbons (Fsp3) is 0.333. The van der Waals surface area contributed by atoms with E-state index in [9.17, 15) is 9.18 Å². The molecule has 0 aliphatic carbocycles.